The molecule has 1 aliphatic rings. The van der Waals surface area contributed by atoms with Crippen molar-refractivity contribution >= 4 is 28.8 Å². The molecule has 0 spiro atoms. The van der Waals surface area contributed by atoms with E-state index in [1.165, 1.54) is 0 Å². The van der Waals surface area contributed by atoms with E-state index in [1.807, 2.05) is 48.5 Å². The Labute approximate surface area is 210 Å². The lowest BCUT2D eigenvalue weighted by atomic mass is 9.98. The third kappa shape index (κ3) is 5.80. The Balaban J connectivity index is 1.31. The van der Waals surface area contributed by atoms with E-state index in [4.69, 9.17) is 9.47 Å². The topological polar surface area (TPSA) is 119 Å². The van der Waals surface area contributed by atoms with Crippen LogP contribution < -0.4 is 5.32 Å². The second-order valence-electron chi connectivity index (χ2n) is 8.32. The van der Waals surface area contributed by atoms with Gasteiger partial charge < -0.3 is 19.9 Å². The molecular weight excluding hydrogens is 482 g/mol. The lowest BCUT2D eigenvalue weighted by Gasteiger charge is -2.17. The summed E-state index contributed by atoms with van der Waals surface area (Å²) in [6.45, 7) is -0.0536. The number of rotatable bonds is 9. The molecule has 0 saturated heterocycles. The maximum Gasteiger partial charge on any atom is 0.407 e. The van der Waals surface area contributed by atoms with Gasteiger partial charge in [-0.25, -0.2) is 9.59 Å². The molecule has 1 amide bonds. The van der Waals surface area contributed by atoms with Crippen LogP contribution in [0.1, 0.15) is 29.0 Å². The first-order valence-electron chi connectivity index (χ1n) is 11.3. The summed E-state index contributed by atoms with van der Waals surface area (Å²) in [6.07, 6.45) is 0.0709. The number of amides is 1. The first kappa shape index (κ1) is 25.1. The lowest BCUT2D eigenvalue weighted by molar-refractivity contribution is -0.150. The van der Waals surface area contributed by atoms with Gasteiger partial charge in [-0.05, 0) is 39.9 Å². The van der Waals surface area contributed by atoms with Gasteiger partial charge in [0.2, 0.25) is 0 Å². The molecule has 1 aliphatic carbocycles. The van der Waals surface area contributed by atoms with Crippen LogP contribution in [-0.4, -0.2) is 46.3 Å². The van der Waals surface area contributed by atoms with Crippen LogP contribution in [0.15, 0.2) is 77.7 Å². The number of carboxylic acids is 1. The number of aliphatic carboxylic acids is 1. The molecule has 2 N–H and O–H groups in total. The van der Waals surface area contributed by atoms with E-state index in [2.05, 4.69) is 5.32 Å². The van der Waals surface area contributed by atoms with E-state index in [1.54, 1.807) is 30.5 Å². The molecule has 1 unspecified atom stereocenters. The number of carbonyl (C=O) groups excluding carboxylic acids is 2. The molecule has 186 valence electrons. The van der Waals surface area contributed by atoms with Gasteiger partial charge in [-0.15, -0.1) is 0 Å². The molecule has 9 heteroatoms. The maximum atomic E-state index is 12.4. The van der Waals surface area contributed by atoms with Crippen LogP contribution in [0.3, 0.4) is 0 Å². The van der Waals surface area contributed by atoms with Gasteiger partial charge >= 0.3 is 18.0 Å². The molecule has 0 saturated carbocycles. The fourth-order valence-corrected chi connectivity index (χ4v) is 4.67. The Morgan fingerprint density at radius 2 is 1.50 bits per heavy atom. The highest BCUT2D eigenvalue weighted by atomic mass is 32.2. The molecule has 0 fully saturated rings. The van der Waals surface area contributed by atoms with Crippen molar-refractivity contribution in [1.82, 2.24) is 5.32 Å². The smallest absolute Gasteiger partial charge is 0.407 e. The molecule has 8 nitrogen and oxygen atoms in total. The summed E-state index contributed by atoms with van der Waals surface area (Å²) < 4.78 is 22.0. The van der Waals surface area contributed by atoms with Crippen molar-refractivity contribution in [2.75, 3.05) is 12.9 Å². The van der Waals surface area contributed by atoms with Crippen LogP contribution in [0.2, 0.25) is 0 Å². The predicted molar refractivity (Wildman–Crippen MR) is 133 cm³/mol. The molecule has 0 radical (unpaired) electrons. The van der Waals surface area contributed by atoms with Crippen molar-refractivity contribution in [1.29, 1.82) is 0 Å². The van der Waals surface area contributed by atoms with Crippen molar-refractivity contribution in [3.8, 4) is 11.1 Å². The Morgan fingerprint density at radius 3 is 2.06 bits per heavy atom. The van der Waals surface area contributed by atoms with Crippen LogP contribution in [-0.2, 0) is 36.5 Å². The fourth-order valence-electron chi connectivity index (χ4n) is 4.15. The number of fused-ring (bicyclic) bond motifs is 3. The average molecular weight is 508 g/mol. The number of ether oxygens (including phenoxy) is 2. The standard InChI is InChI=1S/C27H25NO7S/c1-36(33)18-12-10-17(11-13-18)15-34-25(29)14-24(26(30)31)28-27(32)35-16-23-21-8-4-2-6-19(21)20-7-3-5-9-22(20)23/h2-13,23-24H,14-16H2,1H3,(H,28,32)(H,30,31)/t24-,36?/m0/s1. The number of carbonyl (C=O) groups is 3. The van der Waals surface area contributed by atoms with Crippen molar-refractivity contribution < 1.29 is 33.2 Å². The normalized spacial score (nSPS) is 13.7. The van der Waals surface area contributed by atoms with E-state index in [0.29, 0.717) is 10.5 Å². The molecule has 3 aromatic rings. The number of alkyl carbamates (subject to hydrolysis) is 1. The van der Waals surface area contributed by atoms with Gasteiger partial charge in [0, 0.05) is 27.9 Å². The Bertz CT molecular complexity index is 1260. The first-order valence-corrected chi connectivity index (χ1v) is 12.8. The number of esters is 1. The number of benzene rings is 3. The van der Waals surface area contributed by atoms with Crippen molar-refractivity contribution in [3.05, 3.63) is 89.5 Å². The van der Waals surface area contributed by atoms with Gasteiger partial charge in [-0.2, -0.15) is 0 Å². The summed E-state index contributed by atoms with van der Waals surface area (Å²) in [4.78, 5) is 36.9. The fraction of sp³-hybridized carbons (Fsp3) is 0.222. The number of hydrogen-bond donors (Lipinski definition) is 2. The van der Waals surface area contributed by atoms with E-state index in [0.717, 1.165) is 22.3 Å². The second-order valence-corrected chi connectivity index (χ2v) is 9.70. The van der Waals surface area contributed by atoms with Crippen LogP contribution >= 0.6 is 0 Å². The third-order valence-electron chi connectivity index (χ3n) is 5.96. The van der Waals surface area contributed by atoms with E-state index in [-0.39, 0.29) is 19.1 Å². The van der Waals surface area contributed by atoms with Crippen molar-refractivity contribution in [3.63, 3.8) is 0 Å². The quantitative estimate of drug-likeness (QED) is 0.422. The zero-order valence-electron chi connectivity index (χ0n) is 19.5. The molecule has 4 rings (SSSR count). The van der Waals surface area contributed by atoms with Gasteiger partial charge in [0.15, 0.2) is 0 Å². The third-order valence-corrected chi connectivity index (χ3v) is 6.90. The summed E-state index contributed by atoms with van der Waals surface area (Å²) in [6, 6.07) is 20.9. The highest BCUT2D eigenvalue weighted by Gasteiger charge is 2.30. The van der Waals surface area contributed by atoms with Gasteiger partial charge in [-0.1, -0.05) is 60.7 Å². The molecular formula is C27H25NO7S. The van der Waals surface area contributed by atoms with Crippen LogP contribution in [0.5, 0.6) is 0 Å². The molecule has 0 bridgehead atoms. The largest absolute Gasteiger partial charge is 0.480 e. The zero-order chi connectivity index (χ0) is 25.7. The summed E-state index contributed by atoms with van der Waals surface area (Å²) in [5.74, 6) is -2.34. The minimum atomic E-state index is -1.50. The van der Waals surface area contributed by atoms with Gasteiger partial charge in [-0.3, -0.25) is 9.00 Å². The second kappa shape index (κ2) is 11.2. The SMILES string of the molecule is CS(=O)c1ccc(COC(=O)C[C@H](NC(=O)OCC2c3ccccc3-c3ccccc32)C(=O)O)cc1. The van der Waals surface area contributed by atoms with Crippen molar-refractivity contribution in [2.45, 2.75) is 29.9 Å². The van der Waals surface area contributed by atoms with Crippen LogP contribution in [0.4, 0.5) is 4.79 Å². The Hall–Kier alpha value is -3.98. The zero-order valence-corrected chi connectivity index (χ0v) is 20.3. The molecule has 0 aromatic heterocycles. The molecule has 0 heterocycles. The molecule has 36 heavy (non-hydrogen) atoms. The van der Waals surface area contributed by atoms with E-state index >= 15 is 0 Å². The van der Waals surface area contributed by atoms with E-state index in [9.17, 15) is 23.7 Å². The highest BCUT2D eigenvalue weighted by molar-refractivity contribution is 7.84. The summed E-state index contributed by atoms with van der Waals surface area (Å²) in [7, 11) is -1.12. The number of nitrogens with one attached hydrogen (secondary N) is 1. The summed E-state index contributed by atoms with van der Waals surface area (Å²) >= 11 is 0. The average Bonchev–Trinajstić information content (AvgIpc) is 3.19. The minimum Gasteiger partial charge on any atom is -0.480 e. The van der Waals surface area contributed by atoms with Gasteiger partial charge in [0.05, 0.1) is 6.42 Å². The van der Waals surface area contributed by atoms with Gasteiger partial charge in [0.25, 0.3) is 0 Å². The highest BCUT2D eigenvalue weighted by Crippen LogP contribution is 2.44. The van der Waals surface area contributed by atoms with Crippen LogP contribution in [0.25, 0.3) is 11.1 Å². The Morgan fingerprint density at radius 1 is 0.917 bits per heavy atom. The monoisotopic (exact) mass is 507 g/mol. The van der Waals surface area contributed by atoms with E-state index < -0.39 is 41.3 Å². The van der Waals surface area contributed by atoms with Crippen molar-refractivity contribution in [2.24, 2.45) is 0 Å². The summed E-state index contributed by atoms with van der Waals surface area (Å²) in [5.41, 5.74) is 4.87. The first-order chi connectivity index (χ1) is 17.3. The molecule has 0 aliphatic heterocycles. The Kier molecular flexibility index (Phi) is 7.80. The predicted octanol–water partition coefficient (Wildman–Crippen LogP) is 3.85. The summed E-state index contributed by atoms with van der Waals surface area (Å²) in [5, 5.41) is 11.7. The number of hydrogen-bond acceptors (Lipinski definition) is 6. The molecule has 2 atom stereocenters. The van der Waals surface area contributed by atoms with Crippen LogP contribution in [0, 0.1) is 0 Å². The maximum absolute atomic E-state index is 12.4. The lowest BCUT2D eigenvalue weighted by Crippen LogP contribution is -2.43. The molecule has 3 aromatic carbocycles. The van der Waals surface area contributed by atoms with Gasteiger partial charge in [0.1, 0.15) is 19.3 Å². The number of carboxylic acid groups (broad SMARTS) is 1. The minimum absolute atomic E-state index is 0.0230.